The summed E-state index contributed by atoms with van der Waals surface area (Å²) in [5.41, 5.74) is 10.0. The molecule has 7 nitrogen and oxygen atoms in total. The quantitative estimate of drug-likeness (QED) is 0.475. The van der Waals surface area contributed by atoms with Gasteiger partial charge in [-0.2, -0.15) is 5.10 Å². The van der Waals surface area contributed by atoms with Crippen LogP contribution in [0.3, 0.4) is 0 Å². The average molecular weight is 408 g/mol. The fourth-order valence-corrected chi connectivity index (χ4v) is 3.67. The van der Waals surface area contributed by atoms with Crippen LogP contribution in [0.15, 0.2) is 79.0 Å². The van der Waals surface area contributed by atoms with Crippen molar-refractivity contribution in [3.05, 3.63) is 101 Å². The number of nitrogens with two attached hydrogens (primary N) is 1. The normalized spacial score (nSPS) is 11.7. The van der Waals surface area contributed by atoms with E-state index >= 15 is 0 Å². The third-order valence-electron chi connectivity index (χ3n) is 5.22. The highest BCUT2D eigenvalue weighted by atomic mass is 16.2. The lowest BCUT2D eigenvalue weighted by molar-refractivity contribution is 0.0991. The number of amides is 2. The van der Waals surface area contributed by atoms with Crippen molar-refractivity contribution in [1.82, 2.24) is 9.78 Å². The Labute approximate surface area is 177 Å². The van der Waals surface area contributed by atoms with Gasteiger partial charge in [-0.25, -0.2) is 4.68 Å². The molecule has 0 bridgehead atoms. The summed E-state index contributed by atoms with van der Waals surface area (Å²) in [5.74, 6) is -0.980. The number of hydrogen-bond donors (Lipinski definition) is 2. The summed E-state index contributed by atoms with van der Waals surface area (Å²) in [6, 6.07) is 21.1. The molecule has 2 amide bonds. The first-order valence-corrected chi connectivity index (χ1v) is 9.57. The van der Waals surface area contributed by atoms with Gasteiger partial charge < -0.3 is 11.1 Å². The van der Waals surface area contributed by atoms with Gasteiger partial charge in [0.2, 0.25) is 0 Å². The average Bonchev–Trinajstić information content (AvgIpc) is 3.39. The molecule has 0 spiro atoms. The molecule has 150 valence electrons. The van der Waals surface area contributed by atoms with Gasteiger partial charge in [0.1, 0.15) is 5.69 Å². The smallest absolute Gasteiger partial charge is 0.269 e. The summed E-state index contributed by atoms with van der Waals surface area (Å²) in [6.07, 6.45) is 1.63. The molecule has 0 radical (unpaired) electrons. The van der Waals surface area contributed by atoms with Crippen LogP contribution >= 0.6 is 0 Å². The van der Waals surface area contributed by atoms with E-state index in [1.807, 2.05) is 24.3 Å². The third kappa shape index (κ3) is 3.18. The largest absolute Gasteiger partial charge is 0.364 e. The summed E-state index contributed by atoms with van der Waals surface area (Å²) >= 11 is 0. The Hall–Kier alpha value is -4.52. The number of anilines is 1. The molecule has 31 heavy (non-hydrogen) atoms. The molecule has 0 aliphatic heterocycles. The van der Waals surface area contributed by atoms with Crippen LogP contribution in [0.5, 0.6) is 0 Å². The molecule has 0 unspecified atom stereocenters. The number of hydrogen-bond acceptors (Lipinski definition) is 4. The van der Waals surface area contributed by atoms with Crippen LogP contribution in [0, 0.1) is 0 Å². The van der Waals surface area contributed by atoms with Gasteiger partial charge in [0.25, 0.3) is 11.8 Å². The summed E-state index contributed by atoms with van der Waals surface area (Å²) in [6.45, 7) is 0. The van der Waals surface area contributed by atoms with Crippen LogP contribution in [0.25, 0.3) is 16.8 Å². The second kappa shape index (κ2) is 7.07. The minimum Gasteiger partial charge on any atom is -0.364 e. The molecular formula is C24H16N4O3. The molecule has 4 aromatic rings. The van der Waals surface area contributed by atoms with Crippen molar-refractivity contribution >= 4 is 23.3 Å². The van der Waals surface area contributed by atoms with E-state index in [2.05, 4.69) is 10.4 Å². The molecule has 1 aliphatic rings. The summed E-state index contributed by atoms with van der Waals surface area (Å²) in [7, 11) is 0. The maximum atomic E-state index is 12.7. The summed E-state index contributed by atoms with van der Waals surface area (Å²) in [5, 5.41) is 6.93. The maximum absolute atomic E-state index is 12.7. The lowest BCUT2D eigenvalue weighted by Crippen LogP contribution is -2.13. The van der Waals surface area contributed by atoms with Crippen molar-refractivity contribution in [2.45, 2.75) is 0 Å². The number of primary amides is 1. The van der Waals surface area contributed by atoms with E-state index in [4.69, 9.17) is 5.73 Å². The Morgan fingerprint density at radius 3 is 2.26 bits per heavy atom. The molecule has 0 saturated carbocycles. The monoisotopic (exact) mass is 408 g/mol. The highest BCUT2D eigenvalue weighted by Gasteiger charge is 2.27. The Bertz CT molecular complexity index is 1370. The van der Waals surface area contributed by atoms with Gasteiger partial charge in [-0.3, -0.25) is 14.4 Å². The molecule has 5 rings (SSSR count). The first kappa shape index (κ1) is 18.5. The number of ketones is 1. The molecule has 0 atom stereocenters. The molecular weight excluding hydrogens is 392 g/mol. The minimum absolute atomic E-state index is 0.0702. The van der Waals surface area contributed by atoms with Gasteiger partial charge in [0.15, 0.2) is 5.78 Å². The lowest BCUT2D eigenvalue weighted by atomic mass is 10.0. The molecule has 1 aliphatic carbocycles. The molecule has 0 saturated heterocycles. The zero-order chi connectivity index (χ0) is 21.5. The fourth-order valence-electron chi connectivity index (χ4n) is 3.67. The molecule has 3 aromatic carbocycles. The standard InChI is InChI=1S/C24H16N4O3/c25-23(30)21-11-12-28(27-21)16-8-6-15(7-9-16)26-24(31)14-5-10-18-17-3-1-2-4-19(17)22(29)20(18)13-14/h1-13H,(H2,25,30)(H,26,31). The van der Waals surface area contributed by atoms with Crippen molar-refractivity contribution < 1.29 is 14.4 Å². The Balaban J connectivity index is 1.35. The van der Waals surface area contributed by atoms with Crippen molar-refractivity contribution in [3.63, 3.8) is 0 Å². The predicted octanol–water partition coefficient (Wildman–Crippen LogP) is 3.43. The van der Waals surface area contributed by atoms with Gasteiger partial charge in [0, 0.05) is 28.6 Å². The first-order valence-electron chi connectivity index (χ1n) is 9.57. The van der Waals surface area contributed by atoms with Crippen LogP contribution in [-0.2, 0) is 0 Å². The number of carbonyl (C=O) groups is 3. The SMILES string of the molecule is NC(=O)c1ccn(-c2ccc(NC(=O)c3ccc4c(c3)C(=O)c3ccccc3-4)cc2)n1. The van der Waals surface area contributed by atoms with Gasteiger partial charge >= 0.3 is 0 Å². The molecule has 3 N–H and O–H groups in total. The van der Waals surface area contributed by atoms with E-state index in [1.54, 1.807) is 48.7 Å². The number of aromatic nitrogens is 2. The zero-order valence-electron chi connectivity index (χ0n) is 16.2. The second-order valence-corrected chi connectivity index (χ2v) is 7.15. The number of rotatable bonds is 4. The fraction of sp³-hybridized carbons (Fsp3) is 0. The van der Waals surface area contributed by atoms with Crippen molar-refractivity contribution in [1.29, 1.82) is 0 Å². The number of fused-ring (bicyclic) bond motifs is 3. The molecule has 1 aromatic heterocycles. The number of benzene rings is 3. The van der Waals surface area contributed by atoms with E-state index in [0.717, 1.165) is 11.1 Å². The van der Waals surface area contributed by atoms with Crippen LogP contribution < -0.4 is 11.1 Å². The van der Waals surface area contributed by atoms with E-state index in [-0.39, 0.29) is 17.4 Å². The van der Waals surface area contributed by atoms with E-state index in [0.29, 0.717) is 28.1 Å². The number of nitrogens with one attached hydrogen (secondary N) is 1. The number of carbonyl (C=O) groups excluding carboxylic acids is 3. The first-order chi connectivity index (χ1) is 15.0. The minimum atomic E-state index is -0.599. The maximum Gasteiger partial charge on any atom is 0.269 e. The van der Waals surface area contributed by atoms with Crippen LogP contribution in [0.1, 0.15) is 36.8 Å². The molecule has 0 fully saturated rings. The summed E-state index contributed by atoms with van der Waals surface area (Å²) < 4.78 is 1.52. The van der Waals surface area contributed by atoms with Gasteiger partial charge in [0.05, 0.1) is 5.69 Å². The Morgan fingerprint density at radius 1 is 0.839 bits per heavy atom. The van der Waals surface area contributed by atoms with Gasteiger partial charge in [-0.15, -0.1) is 0 Å². The van der Waals surface area contributed by atoms with Crippen molar-refractivity contribution in [3.8, 4) is 16.8 Å². The zero-order valence-corrected chi connectivity index (χ0v) is 16.2. The van der Waals surface area contributed by atoms with E-state index in [1.165, 1.54) is 10.7 Å². The van der Waals surface area contributed by atoms with Gasteiger partial charge in [-0.1, -0.05) is 30.3 Å². The predicted molar refractivity (Wildman–Crippen MR) is 115 cm³/mol. The van der Waals surface area contributed by atoms with Crippen LogP contribution in [0.4, 0.5) is 5.69 Å². The van der Waals surface area contributed by atoms with E-state index in [9.17, 15) is 14.4 Å². The highest BCUT2D eigenvalue weighted by Crippen LogP contribution is 2.36. The van der Waals surface area contributed by atoms with E-state index < -0.39 is 5.91 Å². The number of nitrogens with zero attached hydrogens (tertiary/aromatic N) is 2. The lowest BCUT2D eigenvalue weighted by Gasteiger charge is -2.08. The third-order valence-corrected chi connectivity index (χ3v) is 5.22. The Morgan fingerprint density at radius 2 is 1.55 bits per heavy atom. The molecule has 7 heteroatoms. The van der Waals surface area contributed by atoms with Crippen molar-refractivity contribution in [2.75, 3.05) is 5.32 Å². The van der Waals surface area contributed by atoms with Crippen molar-refractivity contribution in [2.24, 2.45) is 5.73 Å². The topological polar surface area (TPSA) is 107 Å². The Kier molecular flexibility index (Phi) is 4.22. The molecule has 1 heterocycles. The second-order valence-electron chi connectivity index (χ2n) is 7.15. The van der Waals surface area contributed by atoms with Crippen LogP contribution in [-0.4, -0.2) is 27.4 Å². The van der Waals surface area contributed by atoms with Gasteiger partial charge in [-0.05, 0) is 53.6 Å². The summed E-state index contributed by atoms with van der Waals surface area (Å²) in [4.78, 5) is 36.6. The highest BCUT2D eigenvalue weighted by molar-refractivity contribution is 6.22. The van der Waals surface area contributed by atoms with Crippen LogP contribution in [0.2, 0.25) is 0 Å².